The molecule has 11 heteroatoms. The van der Waals surface area contributed by atoms with Crippen LogP contribution in [-0.2, 0) is 28.2 Å². The van der Waals surface area contributed by atoms with Gasteiger partial charge in [0.15, 0.2) is 14.6 Å². The van der Waals surface area contributed by atoms with Gasteiger partial charge in [-0.3, -0.25) is 9.59 Å². The van der Waals surface area contributed by atoms with E-state index in [0.29, 0.717) is 0 Å². The first-order valence-corrected chi connectivity index (χ1v) is 11.6. The molecular weight excluding hydrogens is 374 g/mol. The van der Waals surface area contributed by atoms with Crippen LogP contribution in [0.25, 0.3) is 10.4 Å². The van der Waals surface area contributed by atoms with E-state index in [1.165, 1.54) is 13.8 Å². The first kappa shape index (κ1) is 23.4. The monoisotopic (exact) mass is 403 g/mol. The van der Waals surface area contributed by atoms with Crippen molar-refractivity contribution in [2.75, 3.05) is 6.61 Å². The summed E-state index contributed by atoms with van der Waals surface area (Å²) < 4.78 is 22.3. The number of carbonyl (C=O) groups excluding carboxylic acids is 2. The number of ether oxygens (including phenoxy) is 3. The van der Waals surface area contributed by atoms with E-state index >= 15 is 0 Å². The number of nitrogens with zero attached hydrogens (tertiary/aromatic N) is 3. The second-order valence-electron chi connectivity index (χ2n) is 7.98. The van der Waals surface area contributed by atoms with E-state index in [-0.39, 0.29) is 11.6 Å². The minimum Gasteiger partial charge on any atom is -0.463 e. The van der Waals surface area contributed by atoms with Crippen LogP contribution in [0, 0.1) is 0 Å². The summed E-state index contributed by atoms with van der Waals surface area (Å²) in [7, 11) is -2.39. The third-order valence-electron chi connectivity index (χ3n) is 4.81. The van der Waals surface area contributed by atoms with Gasteiger partial charge in [-0.05, 0) is 23.7 Å². The Bertz CT molecular complexity index is 601. The molecule has 0 spiro atoms. The molecule has 0 unspecified atom stereocenters. The van der Waals surface area contributed by atoms with E-state index in [0.717, 1.165) is 0 Å². The van der Waals surface area contributed by atoms with Gasteiger partial charge in [0.2, 0.25) is 0 Å². The van der Waals surface area contributed by atoms with Gasteiger partial charge in [0.1, 0.15) is 31.0 Å². The summed E-state index contributed by atoms with van der Waals surface area (Å²) in [5, 5.41) is 13.6. The minimum atomic E-state index is -2.39. The number of aliphatic hydroxyl groups excluding tert-OH is 1. The molecule has 1 rings (SSSR count). The quantitative estimate of drug-likeness (QED) is 0.236. The number of carbonyl (C=O) groups is 2. The van der Waals surface area contributed by atoms with Crippen LogP contribution in [0.3, 0.4) is 0 Å². The molecule has 1 aliphatic heterocycles. The molecule has 1 heterocycles. The largest absolute Gasteiger partial charge is 0.463 e. The molecule has 1 saturated heterocycles. The fourth-order valence-corrected chi connectivity index (χ4v) is 3.73. The normalized spacial score (nSPS) is 28.8. The summed E-state index contributed by atoms with van der Waals surface area (Å²) in [6.07, 6.45) is -4.40. The minimum absolute atomic E-state index is 0.177. The number of esters is 2. The lowest BCUT2D eigenvalue weighted by Crippen LogP contribution is -2.63. The van der Waals surface area contributed by atoms with Crippen LogP contribution in [0.2, 0.25) is 18.1 Å². The highest BCUT2D eigenvalue weighted by atomic mass is 28.4. The van der Waals surface area contributed by atoms with Gasteiger partial charge < -0.3 is 23.7 Å². The van der Waals surface area contributed by atoms with Crippen molar-refractivity contribution in [3.05, 3.63) is 10.4 Å². The molecule has 0 radical (unpaired) electrons. The van der Waals surface area contributed by atoms with E-state index in [1.807, 2.05) is 33.9 Å². The van der Waals surface area contributed by atoms with E-state index in [4.69, 9.17) is 24.2 Å². The lowest BCUT2D eigenvalue weighted by molar-refractivity contribution is -0.252. The molecule has 0 saturated carbocycles. The first-order valence-electron chi connectivity index (χ1n) is 8.66. The van der Waals surface area contributed by atoms with Gasteiger partial charge >= 0.3 is 11.9 Å². The maximum absolute atomic E-state index is 11.6. The van der Waals surface area contributed by atoms with Crippen LogP contribution in [0.1, 0.15) is 34.6 Å². The van der Waals surface area contributed by atoms with Gasteiger partial charge in [-0.15, -0.1) is 0 Å². The molecule has 27 heavy (non-hydrogen) atoms. The maximum Gasteiger partial charge on any atom is 0.303 e. The summed E-state index contributed by atoms with van der Waals surface area (Å²) in [5.74, 6) is -1.15. The summed E-state index contributed by atoms with van der Waals surface area (Å²) in [5.41, 5.74) is 8.83. The predicted octanol–water partition coefficient (Wildman–Crippen LogP) is 2.27. The maximum atomic E-state index is 11.6. The van der Waals surface area contributed by atoms with Crippen molar-refractivity contribution in [2.45, 2.75) is 83.4 Å². The summed E-state index contributed by atoms with van der Waals surface area (Å²) >= 11 is 0. The average molecular weight is 404 g/mol. The Morgan fingerprint density at radius 2 is 1.81 bits per heavy atom. The number of azide groups is 1. The second kappa shape index (κ2) is 9.02. The standard InChI is InChI=1S/C16H29N3O7Si/c1-9(20)23-8-11-13(26-27(6,7)16(3,4)5)14(24-10(2)21)12(18-19-17)15(22)25-11/h11-15,22H,8H2,1-7H3/t11-,12-,13-,14-,15-/m1/s1. The molecule has 1 fully saturated rings. The van der Waals surface area contributed by atoms with Gasteiger partial charge in [-0.1, -0.05) is 25.9 Å². The molecule has 5 atom stereocenters. The zero-order valence-electron chi connectivity index (χ0n) is 16.8. The molecule has 0 bridgehead atoms. The molecule has 0 amide bonds. The van der Waals surface area contributed by atoms with E-state index in [1.54, 1.807) is 0 Å². The van der Waals surface area contributed by atoms with Crippen molar-refractivity contribution < 1.29 is 33.3 Å². The van der Waals surface area contributed by atoms with Crippen LogP contribution >= 0.6 is 0 Å². The summed E-state index contributed by atoms with van der Waals surface area (Å²) in [6, 6.07) is -1.19. The molecule has 0 aromatic heterocycles. The van der Waals surface area contributed by atoms with Gasteiger partial charge in [0, 0.05) is 18.8 Å². The Labute approximate surface area is 159 Å². The molecule has 1 N–H and O–H groups in total. The average Bonchev–Trinajstić information content (AvgIpc) is 2.50. The SMILES string of the molecule is CC(=O)OC[C@H]1O[C@@H](O)[C@H](N=[N+]=[N-])[C@@H](OC(C)=O)[C@@H]1O[Si](C)(C)C(C)(C)C. The van der Waals surface area contributed by atoms with Crippen molar-refractivity contribution in [3.8, 4) is 0 Å². The first-order chi connectivity index (χ1) is 12.3. The second-order valence-corrected chi connectivity index (χ2v) is 12.7. The fraction of sp³-hybridized carbons (Fsp3) is 0.875. The van der Waals surface area contributed by atoms with Crippen LogP contribution in [0.15, 0.2) is 5.11 Å². The topological polar surface area (TPSA) is 140 Å². The van der Waals surface area contributed by atoms with Crippen molar-refractivity contribution in [3.63, 3.8) is 0 Å². The van der Waals surface area contributed by atoms with Crippen LogP contribution in [0.4, 0.5) is 0 Å². The van der Waals surface area contributed by atoms with Crippen LogP contribution in [0.5, 0.6) is 0 Å². The van der Waals surface area contributed by atoms with Gasteiger partial charge in [0.25, 0.3) is 0 Å². The molecule has 0 aliphatic carbocycles. The molecule has 1 aliphatic rings. The Balaban J connectivity index is 3.31. The van der Waals surface area contributed by atoms with Crippen molar-refractivity contribution in [1.82, 2.24) is 0 Å². The van der Waals surface area contributed by atoms with Crippen molar-refractivity contribution in [2.24, 2.45) is 5.11 Å². The zero-order chi connectivity index (χ0) is 21.0. The molecule has 154 valence electrons. The molecular formula is C16H29N3O7Si. The Morgan fingerprint density at radius 1 is 1.22 bits per heavy atom. The fourth-order valence-electron chi connectivity index (χ4n) is 2.41. The summed E-state index contributed by atoms with van der Waals surface area (Å²) in [6.45, 7) is 12.3. The Morgan fingerprint density at radius 3 is 2.26 bits per heavy atom. The Hall–Kier alpha value is -1.65. The molecule has 0 aromatic rings. The van der Waals surface area contributed by atoms with E-state index in [2.05, 4.69) is 10.0 Å². The highest BCUT2D eigenvalue weighted by Crippen LogP contribution is 2.40. The van der Waals surface area contributed by atoms with Crippen LogP contribution in [-0.4, -0.2) is 62.6 Å². The summed E-state index contributed by atoms with van der Waals surface area (Å²) in [4.78, 5) is 25.6. The van der Waals surface area contributed by atoms with Gasteiger partial charge in [0.05, 0.1) is 0 Å². The predicted molar refractivity (Wildman–Crippen MR) is 98.1 cm³/mol. The van der Waals surface area contributed by atoms with E-state index in [9.17, 15) is 14.7 Å². The number of hydrogen-bond donors (Lipinski definition) is 1. The smallest absolute Gasteiger partial charge is 0.303 e. The van der Waals surface area contributed by atoms with Gasteiger partial charge in [-0.2, -0.15) is 0 Å². The van der Waals surface area contributed by atoms with E-state index < -0.39 is 50.9 Å². The molecule has 10 nitrogen and oxygen atoms in total. The third-order valence-corrected chi connectivity index (χ3v) is 9.28. The van der Waals surface area contributed by atoms with Crippen molar-refractivity contribution >= 4 is 20.3 Å². The van der Waals surface area contributed by atoms with Gasteiger partial charge in [-0.25, -0.2) is 0 Å². The highest BCUT2D eigenvalue weighted by molar-refractivity contribution is 6.74. The zero-order valence-corrected chi connectivity index (χ0v) is 17.8. The lowest BCUT2D eigenvalue weighted by atomic mass is 9.97. The number of aliphatic hydroxyl groups is 1. The number of hydrogen-bond acceptors (Lipinski definition) is 8. The Kier molecular flexibility index (Phi) is 7.82. The lowest BCUT2D eigenvalue weighted by Gasteiger charge is -2.47. The highest BCUT2D eigenvalue weighted by Gasteiger charge is 2.52. The van der Waals surface area contributed by atoms with Crippen molar-refractivity contribution in [1.29, 1.82) is 0 Å². The number of rotatable bonds is 6. The van der Waals surface area contributed by atoms with Crippen LogP contribution < -0.4 is 0 Å². The third kappa shape index (κ3) is 6.18. The molecule has 0 aromatic carbocycles.